The minimum atomic E-state index is -1.25. The Morgan fingerprint density at radius 1 is 1.00 bits per heavy atom. The molecule has 2 aliphatic rings. The Labute approximate surface area is 241 Å². The highest BCUT2D eigenvalue weighted by Crippen LogP contribution is 2.41. The van der Waals surface area contributed by atoms with Gasteiger partial charge in [0.2, 0.25) is 5.91 Å². The number of likely N-dealkylation sites (N-methyl/N-ethyl adjacent to an activating group) is 1. The minimum Gasteiger partial charge on any atom is -0.493 e. The topological polar surface area (TPSA) is 99.5 Å². The number of fused-ring (bicyclic) bond motifs is 1. The van der Waals surface area contributed by atoms with Crippen LogP contribution in [-0.4, -0.2) is 58.3 Å². The van der Waals surface area contributed by atoms with Gasteiger partial charge in [-0.2, -0.15) is 0 Å². The van der Waals surface area contributed by atoms with Gasteiger partial charge in [-0.25, -0.2) is 0 Å². The van der Waals surface area contributed by atoms with Gasteiger partial charge >= 0.3 is 5.97 Å². The molecular formula is C33H38N2O6. The van der Waals surface area contributed by atoms with E-state index in [1.165, 1.54) is 0 Å². The Balaban J connectivity index is 1.48. The number of nitrogens with zero attached hydrogens (tertiary/aromatic N) is 2. The minimum absolute atomic E-state index is 0.0129. The fraction of sp³-hybridized carbons (Fsp3) is 0.394. The van der Waals surface area contributed by atoms with Crippen molar-refractivity contribution in [3.8, 4) is 11.5 Å². The average Bonchev–Trinajstić information content (AvgIpc) is 3.55. The average molecular weight is 559 g/mol. The first-order valence-corrected chi connectivity index (χ1v) is 14.2. The van der Waals surface area contributed by atoms with Crippen LogP contribution in [0.5, 0.6) is 11.5 Å². The molecule has 0 saturated heterocycles. The first kappa shape index (κ1) is 28.6. The molecule has 0 aromatic heterocycles. The zero-order valence-corrected chi connectivity index (χ0v) is 23.6. The van der Waals surface area contributed by atoms with Gasteiger partial charge in [0.15, 0.2) is 11.5 Å². The summed E-state index contributed by atoms with van der Waals surface area (Å²) in [6.07, 6.45) is 2.57. The standard InChI is InChI=1S/C33H38N2O6/c1-34(31(36)24-15-9-10-16-24)29(23-13-7-4-8-14-23)32(37)35-20-25-17-18-28(40-2)30(26(25)19-27(35)33(38)39)41-21-22-11-5-3-6-12-22/h3-8,11-14,17-18,24,27,29,32,37H,9-10,15-16,19-21H2,1-2H3,(H,38,39)/t27-,29?,32?/m1/s1. The van der Waals surface area contributed by atoms with Crippen molar-refractivity contribution in [1.82, 2.24) is 9.80 Å². The van der Waals surface area contributed by atoms with Gasteiger partial charge in [0.05, 0.1) is 13.2 Å². The Morgan fingerprint density at radius 2 is 1.66 bits per heavy atom. The normalized spacial score (nSPS) is 18.8. The maximum atomic E-state index is 13.5. The van der Waals surface area contributed by atoms with Crippen molar-refractivity contribution < 1.29 is 29.3 Å². The van der Waals surface area contributed by atoms with E-state index in [0.29, 0.717) is 18.1 Å². The number of hydrogen-bond acceptors (Lipinski definition) is 6. The molecule has 8 heteroatoms. The van der Waals surface area contributed by atoms with Crippen LogP contribution < -0.4 is 9.47 Å². The Hall–Kier alpha value is -3.88. The van der Waals surface area contributed by atoms with Crippen molar-refractivity contribution in [2.45, 2.75) is 63.6 Å². The van der Waals surface area contributed by atoms with Crippen LogP contribution in [0.25, 0.3) is 0 Å². The van der Waals surface area contributed by atoms with Crippen LogP contribution in [0.4, 0.5) is 0 Å². The lowest BCUT2D eigenvalue weighted by Crippen LogP contribution is -2.55. The van der Waals surface area contributed by atoms with Gasteiger partial charge in [0.25, 0.3) is 0 Å². The molecule has 0 spiro atoms. The van der Waals surface area contributed by atoms with Crippen molar-refractivity contribution in [2.75, 3.05) is 14.2 Å². The summed E-state index contributed by atoms with van der Waals surface area (Å²) in [5, 5.41) is 22.3. The summed E-state index contributed by atoms with van der Waals surface area (Å²) in [7, 11) is 3.28. The summed E-state index contributed by atoms with van der Waals surface area (Å²) in [6, 6.07) is 21.0. The molecule has 1 heterocycles. The molecule has 1 aliphatic carbocycles. The lowest BCUT2D eigenvalue weighted by molar-refractivity contribution is -0.158. The maximum absolute atomic E-state index is 13.5. The van der Waals surface area contributed by atoms with E-state index in [1.807, 2.05) is 72.8 Å². The Kier molecular flexibility index (Phi) is 8.90. The second-order valence-corrected chi connectivity index (χ2v) is 10.9. The number of benzene rings is 3. The zero-order valence-electron chi connectivity index (χ0n) is 23.6. The number of hydrogen-bond donors (Lipinski definition) is 2. The smallest absolute Gasteiger partial charge is 0.321 e. The SMILES string of the molecule is COc1ccc2c(c1OCc1ccccc1)C[C@H](C(=O)O)N(C(O)C(c1ccccc1)N(C)C(=O)C1CCCC1)C2. The van der Waals surface area contributed by atoms with Crippen LogP contribution in [-0.2, 0) is 29.2 Å². The van der Waals surface area contributed by atoms with Crippen LogP contribution in [0.15, 0.2) is 72.8 Å². The third-order valence-corrected chi connectivity index (χ3v) is 8.44. The molecule has 1 amide bonds. The van der Waals surface area contributed by atoms with Crippen molar-refractivity contribution in [2.24, 2.45) is 5.92 Å². The van der Waals surface area contributed by atoms with E-state index in [9.17, 15) is 19.8 Å². The lowest BCUT2D eigenvalue weighted by Gasteiger charge is -2.43. The molecule has 41 heavy (non-hydrogen) atoms. The molecule has 1 saturated carbocycles. The highest BCUT2D eigenvalue weighted by Gasteiger charge is 2.43. The number of aliphatic hydroxyl groups excluding tert-OH is 1. The molecule has 1 aliphatic heterocycles. The van der Waals surface area contributed by atoms with Gasteiger partial charge in [-0.15, -0.1) is 0 Å². The molecular weight excluding hydrogens is 520 g/mol. The molecule has 8 nitrogen and oxygen atoms in total. The van der Waals surface area contributed by atoms with E-state index >= 15 is 0 Å². The van der Waals surface area contributed by atoms with Crippen molar-refractivity contribution in [3.63, 3.8) is 0 Å². The largest absolute Gasteiger partial charge is 0.493 e. The number of amides is 1. The van der Waals surface area contributed by atoms with Crippen LogP contribution in [0, 0.1) is 5.92 Å². The molecule has 0 radical (unpaired) electrons. The second-order valence-electron chi connectivity index (χ2n) is 10.9. The van der Waals surface area contributed by atoms with E-state index in [1.54, 1.807) is 24.0 Å². The fourth-order valence-corrected chi connectivity index (χ4v) is 6.22. The first-order valence-electron chi connectivity index (χ1n) is 14.2. The molecule has 2 N–H and O–H groups in total. The highest BCUT2D eigenvalue weighted by molar-refractivity contribution is 5.79. The van der Waals surface area contributed by atoms with Crippen molar-refractivity contribution >= 4 is 11.9 Å². The molecule has 3 aromatic carbocycles. The number of ether oxygens (including phenoxy) is 2. The number of aliphatic hydroxyl groups is 1. The number of methoxy groups -OCH3 is 1. The number of carboxylic acid groups (broad SMARTS) is 1. The van der Waals surface area contributed by atoms with Crippen LogP contribution in [0.1, 0.15) is 54.0 Å². The number of rotatable bonds is 10. The highest BCUT2D eigenvalue weighted by atomic mass is 16.5. The summed E-state index contributed by atoms with van der Waals surface area (Å²) in [5.41, 5.74) is 3.34. The van der Waals surface area contributed by atoms with Gasteiger partial charge in [-0.05, 0) is 35.6 Å². The molecule has 2 unspecified atom stereocenters. The molecule has 5 rings (SSSR count). The summed E-state index contributed by atoms with van der Waals surface area (Å²) >= 11 is 0. The third kappa shape index (κ3) is 6.09. The number of aliphatic carboxylic acids is 1. The van der Waals surface area contributed by atoms with Gasteiger partial charge in [0, 0.05) is 31.5 Å². The van der Waals surface area contributed by atoms with E-state index < -0.39 is 24.3 Å². The summed E-state index contributed by atoms with van der Waals surface area (Å²) in [5.74, 6) is -0.0963. The molecule has 216 valence electrons. The van der Waals surface area contributed by atoms with Crippen LogP contribution in [0.2, 0.25) is 0 Å². The molecule has 1 fully saturated rings. The first-order chi connectivity index (χ1) is 19.9. The zero-order chi connectivity index (χ0) is 28.9. The lowest BCUT2D eigenvalue weighted by atomic mass is 9.90. The Morgan fingerprint density at radius 3 is 2.29 bits per heavy atom. The van der Waals surface area contributed by atoms with Crippen molar-refractivity contribution in [3.05, 3.63) is 95.1 Å². The number of carboxylic acids is 1. The van der Waals surface area contributed by atoms with E-state index in [2.05, 4.69) is 0 Å². The quantitative estimate of drug-likeness (QED) is 0.369. The Bertz CT molecular complexity index is 1340. The van der Waals surface area contributed by atoms with Gasteiger partial charge in [-0.3, -0.25) is 14.5 Å². The van der Waals surface area contributed by atoms with Gasteiger partial charge in [-0.1, -0.05) is 79.6 Å². The summed E-state index contributed by atoms with van der Waals surface area (Å²) < 4.78 is 11.8. The van der Waals surface area contributed by atoms with Gasteiger partial charge < -0.3 is 24.6 Å². The predicted octanol–water partition coefficient (Wildman–Crippen LogP) is 4.79. The van der Waals surface area contributed by atoms with Crippen molar-refractivity contribution in [1.29, 1.82) is 0 Å². The summed E-state index contributed by atoms with van der Waals surface area (Å²) in [4.78, 5) is 29.4. The van der Waals surface area contributed by atoms with E-state index in [4.69, 9.17) is 9.47 Å². The number of carbonyl (C=O) groups excluding carboxylic acids is 1. The molecule has 0 bridgehead atoms. The van der Waals surface area contributed by atoms with Gasteiger partial charge in [0.1, 0.15) is 18.9 Å². The predicted molar refractivity (Wildman–Crippen MR) is 154 cm³/mol. The van der Waals surface area contributed by atoms with Crippen LogP contribution in [0.3, 0.4) is 0 Å². The number of carbonyl (C=O) groups is 2. The van der Waals surface area contributed by atoms with E-state index in [0.717, 1.165) is 47.9 Å². The molecule has 3 atom stereocenters. The van der Waals surface area contributed by atoms with E-state index in [-0.39, 0.29) is 24.8 Å². The maximum Gasteiger partial charge on any atom is 0.321 e. The fourth-order valence-electron chi connectivity index (χ4n) is 6.22. The second kappa shape index (κ2) is 12.7. The van der Waals surface area contributed by atoms with Crippen LogP contribution >= 0.6 is 0 Å². The monoisotopic (exact) mass is 558 g/mol. The molecule has 3 aromatic rings. The summed E-state index contributed by atoms with van der Waals surface area (Å²) in [6.45, 7) is 0.482. The third-order valence-electron chi connectivity index (χ3n) is 8.44.